The summed E-state index contributed by atoms with van der Waals surface area (Å²) < 4.78 is 14.1. The molecule has 0 spiro atoms. The van der Waals surface area contributed by atoms with Gasteiger partial charge in [-0.05, 0) is 36.8 Å². The van der Waals surface area contributed by atoms with E-state index in [1.165, 1.54) is 29.5 Å². The van der Waals surface area contributed by atoms with Crippen LogP contribution in [0.3, 0.4) is 0 Å². The van der Waals surface area contributed by atoms with E-state index in [2.05, 4.69) is 26.4 Å². The highest BCUT2D eigenvalue weighted by molar-refractivity contribution is 8.01. The Morgan fingerprint density at radius 1 is 1.17 bits per heavy atom. The van der Waals surface area contributed by atoms with E-state index in [-0.39, 0.29) is 11.3 Å². The number of nitrogens with zero attached hydrogens (tertiary/aromatic N) is 2. The molecule has 150 valence electrons. The summed E-state index contributed by atoms with van der Waals surface area (Å²) in [6.07, 6.45) is 0. The number of aromatic nitrogens is 2. The molecule has 0 unspecified atom stereocenters. The van der Waals surface area contributed by atoms with Gasteiger partial charge in [-0.2, -0.15) is 0 Å². The smallest absolute Gasteiger partial charge is 0.272 e. The molecule has 1 aromatic heterocycles. The molecule has 0 aliphatic heterocycles. The van der Waals surface area contributed by atoms with Gasteiger partial charge in [-0.25, -0.2) is 4.39 Å². The number of aryl methyl sites for hydroxylation is 1. The Kier molecular flexibility index (Phi) is 7.02. The van der Waals surface area contributed by atoms with Crippen molar-refractivity contribution in [2.24, 2.45) is 0 Å². The molecule has 0 aliphatic carbocycles. The van der Waals surface area contributed by atoms with Crippen molar-refractivity contribution in [2.75, 3.05) is 11.1 Å². The highest BCUT2D eigenvalue weighted by atomic mass is 35.5. The SMILES string of the molecule is Cc1ccc(Nc2nnc(SCC(=O)NNC(=O)c3ccccc3F)s2)cc1Cl. The summed E-state index contributed by atoms with van der Waals surface area (Å²) >= 11 is 8.53. The molecule has 0 saturated carbocycles. The van der Waals surface area contributed by atoms with Gasteiger partial charge in [-0.3, -0.25) is 20.4 Å². The van der Waals surface area contributed by atoms with Gasteiger partial charge in [0.1, 0.15) is 5.82 Å². The largest absolute Gasteiger partial charge is 0.330 e. The van der Waals surface area contributed by atoms with E-state index in [0.29, 0.717) is 14.5 Å². The van der Waals surface area contributed by atoms with Gasteiger partial charge in [-0.1, -0.05) is 52.9 Å². The van der Waals surface area contributed by atoms with E-state index in [0.717, 1.165) is 29.1 Å². The molecule has 3 N–H and O–H groups in total. The first-order valence-corrected chi connectivity index (χ1v) is 10.4. The van der Waals surface area contributed by atoms with E-state index in [1.54, 1.807) is 6.07 Å². The molecule has 1 heterocycles. The Morgan fingerprint density at radius 3 is 2.72 bits per heavy atom. The van der Waals surface area contributed by atoms with Crippen molar-refractivity contribution in [1.29, 1.82) is 0 Å². The molecule has 2 amide bonds. The second-order valence-electron chi connectivity index (χ2n) is 5.73. The molecule has 0 aliphatic rings. The summed E-state index contributed by atoms with van der Waals surface area (Å²) in [6.45, 7) is 1.91. The number of hydrazine groups is 1. The van der Waals surface area contributed by atoms with Crippen LogP contribution in [-0.2, 0) is 4.79 Å². The van der Waals surface area contributed by atoms with Gasteiger partial charge >= 0.3 is 0 Å². The van der Waals surface area contributed by atoms with Crippen LogP contribution in [0.1, 0.15) is 15.9 Å². The highest BCUT2D eigenvalue weighted by Crippen LogP contribution is 2.29. The number of anilines is 2. The topological polar surface area (TPSA) is 96.0 Å². The zero-order valence-electron chi connectivity index (χ0n) is 15.0. The first-order chi connectivity index (χ1) is 13.9. The fraction of sp³-hybridized carbons (Fsp3) is 0.111. The lowest BCUT2D eigenvalue weighted by Crippen LogP contribution is -2.42. The minimum Gasteiger partial charge on any atom is -0.330 e. The first kappa shape index (κ1) is 21.0. The Labute approximate surface area is 179 Å². The quantitative estimate of drug-likeness (QED) is 0.388. The Morgan fingerprint density at radius 2 is 1.97 bits per heavy atom. The van der Waals surface area contributed by atoms with Crippen LogP contribution in [0.15, 0.2) is 46.8 Å². The van der Waals surface area contributed by atoms with Crippen molar-refractivity contribution in [3.8, 4) is 0 Å². The highest BCUT2D eigenvalue weighted by Gasteiger charge is 2.13. The molecule has 0 saturated heterocycles. The molecule has 0 bridgehead atoms. The summed E-state index contributed by atoms with van der Waals surface area (Å²) in [5.74, 6) is -1.87. The lowest BCUT2D eigenvalue weighted by atomic mass is 10.2. The van der Waals surface area contributed by atoms with Crippen molar-refractivity contribution < 1.29 is 14.0 Å². The number of hydrogen-bond donors (Lipinski definition) is 3. The summed E-state index contributed by atoms with van der Waals surface area (Å²) in [5, 5.41) is 12.3. The van der Waals surface area contributed by atoms with Crippen LogP contribution < -0.4 is 16.2 Å². The molecular formula is C18H15ClFN5O2S2. The Bertz CT molecular complexity index is 1050. The molecule has 0 atom stereocenters. The molecule has 29 heavy (non-hydrogen) atoms. The fourth-order valence-corrected chi connectivity index (χ4v) is 3.87. The molecule has 3 rings (SSSR count). The van der Waals surface area contributed by atoms with Gasteiger partial charge in [0.15, 0.2) is 4.34 Å². The number of carbonyl (C=O) groups is 2. The number of rotatable bonds is 6. The van der Waals surface area contributed by atoms with Crippen molar-refractivity contribution >= 4 is 57.3 Å². The fourth-order valence-electron chi connectivity index (χ4n) is 2.12. The van der Waals surface area contributed by atoms with E-state index in [4.69, 9.17) is 11.6 Å². The number of thioether (sulfide) groups is 1. The van der Waals surface area contributed by atoms with Crippen LogP contribution in [0, 0.1) is 12.7 Å². The normalized spacial score (nSPS) is 10.4. The standard InChI is InChI=1S/C18H15ClFN5O2S2/c1-10-6-7-11(8-13(10)19)21-17-24-25-18(29-17)28-9-15(26)22-23-16(27)12-4-2-3-5-14(12)20/h2-8H,9H2,1H3,(H,21,24)(H,22,26)(H,23,27). The average molecular weight is 452 g/mol. The molecule has 11 heteroatoms. The summed E-state index contributed by atoms with van der Waals surface area (Å²) in [5.41, 5.74) is 6.01. The average Bonchev–Trinajstić information content (AvgIpc) is 3.15. The lowest BCUT2D eigenvalue weighted by Gasteiger charge is -2.07. The minimum atomic E-state index is -0.736. The van der Waals surface area contributed by atoms with Gasteiger partial charge in [0, 0.05) is 10.7 Å². The zero-order valence-corrected chi connectivity index (χ0v) is 17.4. The number of nitrogens with one attached hydrogen (secondary N) is 3. The maximum atomic E-state index is 13.5. The second-order valence-corrected chi connectivity index (χ2v) is 8.34. The van der Waals surface area contributed by atoms with Crippen LogP contribution >= 0.6 is 34.7 Å². The third-order valence-corrected chi connectivity index (χ3v) is 5.97. The molecule has 2 aromatic carbocycles. The van der Waals surface area contributed by atoms with Crippen molar-refractivity contribution in [2.45, 2.75) is 11.3 Å². The molecular weight excluding hydrogens is 437 g/mol. The number of hydrogen-bond acceptors (Lipinski definition) is 7. The number of benzene rings is 2. The summed E-state index contributed by atoms with van der Waals surface area (Å²) in [6, 6.07) is 11.0. The van der Waals surface area contributed by atoms with E-state index < -0.39 is 17.6 Å². The molecule has 3 aromatic rings. The van der Waals surface area contributed by atoms with Crippen molar-refractivity contribution in [3.05, 3.63) is 64.4 Å². The molecule has 0 fully saturated rings. The Balaban J connectivity index is 1.46. The van der Waals surface area contributed by atoms with Crippen LogP contribution in [0.25, 0.3) is 0 Å². The van der Waals surface area contributed by atoms with Crippen LogP contribution in [-0.4, -0.2) is 27.8 Å². The maximum absolute atomic E-state index is 13.5. The minimum absolute atomic E-state index is 0.00252. The molecule has 7 nitrogen and oxygen atoms in total. The van der Waals surface area contributed by atoms with Crippen LogP contribution in [0.5, 0.6) is 0 Å². The van der Waals surface area contributed by atoms with Gasteiger partial charge in [-0.15, -0.1) is 10.2 Å². The predicted molar refractivity (Wildman–Crippen MR) is 112 cm³/mol. The van der Waals surface area contributed by atoms with E-state index >= 15 is 0 Å². The van der Waals surface area contributed by atoms with Crippen LogP contribution in [0.2, 0.25) is 5.02 Å². The van der Waals surface area contributed by atoms with Crippen molar-refractivity contribution in [3.63, 3.8) is 0 Å². The summed E-state index contributed by atoms with van der Waals surface area (Å²) in [4.78, 5) is 23.7. The Hall–Kier alpha value is -2.69. The van der Waals surface area contributed by atoms with E-state index in [1.807, 2.05) is 19.1 Å². The maximum Gasteiger partial charge on any atom is 0.272 e. The third-order valence-electron chi connectivity index (χ3n) is 3.59. The second kappa shape index (κ2) is 9.68. The lowest BCUT2D eigenvalue weighted by molar-refractivity contribution is -0.119. The van der Waals surface area contributed by atoms with Crippen LogP contribution in [0.4, 0.5) is 15.2 Å². The van der Waals surface area contributed by atoms with Gasteiger partial charge in [0.2, 0.25) is 11.0 Å². The van der Waals surface area contributed by atoms with Gasteiger partial charge < -0.3 is 5.32 Å². The summed E-state index contributed by atoms with van der Waals surface area (Å²) in [7, 11) is 0. The van der Waals surface area contributed by atoms with Crippen molar-refractivity contribution in [1.82, 2.24) is 21.0 Å². The third kappa shape index (κ3) is 5.89. The molecule has 0 radical (unpaired) electrons. The number of halogens is 2. The van der Waals surface area contributed by atoms with Gasteiger partial charge in [0.05, 0.1) is 11.3 Å². The predicted octanol–water partition coefficient (Wildman–Crippen LogP) is 3.94. The number of amides is 2. The van der Waals surface area contributed by atoms with E-state index in [9.17, 15) is 14.0 Å². The first-order valence-electron chi connectivity index (χ1n) is 8.25. The zero-order chi connectivity index (χ0) is 20.8. The monoisotopic (exact) mass is 451 g/mol. The number of carbonyl (C=O) groups excluding carboxylic acids is 2. The van der Waals surface area contributed by atoms with Gasteiger partial charge in [0.25, 0.3) is 5.91 Å².